The zero-order valence-electron chi connectivity index (χ0n) is 14.7. The Hall–Kier alpha value is -3.09. The van der Waals surface area contributed by atoms with E-state index in [0.717, 1.165) is 17.8 Å². The van der Waals surface area contributed by atoms with Crippen LogP contribution in [0.15, 0.2) is 40.9 Å². The SMILES string of the molecule is Cc1cc(C)n(C2CCN(c3noc(-c4ccccc4)c3C(=O)O)C2)n1. The number of hydrogen-bond acceptors (Lipinski definition) is 5. The minimum atomic E-state index is -1.03. The molecule has 7 nitrogen and oxygen atoms in total. The Kier molecular flexibility index (Phi) is 3.99. The van der Waals surface area contributed by atoms with Crippen molar-refractivity contribution < 1.29 is 14.4 Å². The smallest absolute Gasteiger partial charge is 0.343 e. The molecule has 1 fully saturated rings. The van der Waals surface area contributed by atoms with Gasteiger partial charge >= 0.3 is 5.97 Å². The number of carboxylic acids is 1. The van der Waals surface area contributed by atoms with Gasteiger partial charge in [-0.05, 0) is 26.3 Å². The lowest BCUT2D eigenvalue weighted by atomic mass is 10.1. The summed E-state index contributed by atoms with van der Waals surface area (Å²) in [5, 5.41) is 18.4. The Morgan fingerprint density at radius 3 is 2.69 bits per heavy atom. The van der Waals surface area contributed by atoms with Crippen LogP contribution in [0.5, 0.6) is 0 Å². The second kappa shape index (κ2) is 6.33. The molecule has 1 saturated heterocycles. The van der Waals surface area contributed by atoms with E-state index in [1.165, 1.54) is 0 Å². The van der Waals surface area contributed by atoms with Crippen molar-refractivity contribution >= 4 is 11.8 Å². The van der Waals surface area contributed by atoms with E-state index in [0.29, 0.717) is 30.2 Å². The lowest BCUT2D eigenvalue weighted by Gasteiger charge is -2.17. The zero-order chi connectivity index (χ0) is 18.3. The predicted octanol–water partition coefficient (Wildman–Crippen LogP) is 3.30. The predicted molar refractivity (Wildman–Crippen MR) is 96.5 cm³/mol. The maximum Gasteiger partial charge on any atom is 0.343 e. The van der Waals surface area contributed by atoms with Gasteiger partial charge in [-0.1, -0.05) is 35.5 Å². The highest BCUT2D eigenvalue weighted by Gasteiger charge is 2.33. The van der Waals surface area contributed by atoms with Crippen LogP contribution in [0.25, 0.3) is 11.3 Å². The largest absolute Gasteiger partial charge is 0.477 e. The first-order valence-electron chi connectivity index (χ1n) is 8.60. The summed E-state index contributed by atoms with van der Waals surface area (Å²) >= 11 is 0. The lowest BCUT2D eigenvalue weighted by Crippen LogP contribution is -2.23. The highest BCUT2D eigenvalue weighted by molar-refractivity contribution is 5.99. The fourth-order valence-corrected chi connectivity index (χ4v) is 3.63. The van der Waals surface area contributed by atoms with Crippen LogP contribution >= 0.6 is 0 Å². The van der Waals surface area contributed by atoms with Crippen molar-refractivity contribution in [1.29, 1.82) is 0 Å². The normalized spacial score (nSPS) is 17.0. The lowest BCUT2D eigenvalue weighted by molar-refractivity contribution is 0.0698. The van der Waals surface area contributed by atoms with Crippen molar-refractivity contribution in [2.24, 2.45) is 0 Å². The molecule has 1 atom stereocenters. The van der Waals surface area contributed by atoms with E-state index in [-0.39, 0.29) is 11.6 Å². The van der Waals surface area contributed by atoms with Crippen LogP contribution in [0.3, 0.4) is 0 Å². The molecule has 134 valence electrons. The molecule has 1 aromatic carbocycles. The molecule has 3 heterocycles. The molecule has 3 aromatic rings. The third-order valence-electron chi connectivity index (χ3n) is 4.78. The molecule has 0 saturated carbocycles. The summed E-state index contributed by atoms with van der Waals surface area (Å²) in [6.45, 7) is 5.38. The summed E-state index contributed by atoms with van der Waals surface area (Å²) in [7, 11) is 0. The second-order valence-corrected chi connectivity index (χ2v) is 6.64. The summed E-state index contributed by atoms with van der Waals surface area (Å²) in [6, 6.07) is 11.5. The quantitative estimate of drug-likeness (QED) is 0.775. The van der Waals surface area contributed by atoms with Gasteiger partial charge in [-0.25, -0.2) is 4.79 Å². The van der Waals surface area contributed by atoms with Crippen molar-refractivity contribution in [3.05, 3.63) is 53.3 Å². The Morgan fingerprint density at radius 1 is 1.27 bits per heavy atom. The third-order valence-corrected chi connectivity index (χ3v) is 4.78. The number of carboxylic acid groups (broad SMARTS) is 1. The van der Waals surface area contributed by atoms with Gasteiger partial charge in [-0.15, -0.1) is 0 Å². The Labute approximate surface area is 150 Å². The Balaban J connectivity index is 1.66. The van der Waals surface area contributed by atoms with Crippen LogP contribution < -0.4 is 4.90 Å². The molecule has 26 heavy (non-hydrogen) atoms. The number of aryl methyl sites for hydroxylation is 2. The van der Waals surface area contributed by atoms with Crippen molar-refractivity contribution in [2.75, 3.05) is 18.0 Å². The standard InChI is InChI=1S/C19H20N4O3/c1-12-10-13(2)23(20-12)15-8-9-22(11-15)18-16(19(24)25)17(26-21-18)14-6-4-3-5-7-14/h3-7,10,15H,8-9,11H2,1-2H3,(H,24,25). The molecule has 1 N–H and O–H groups in total. The van der Waals surface area contributed by atoms with E-state index in [1.807, 2.05) is 53.8 Å². The number of nitrogens with zero attached hydrogens (tertiary/aromatic N) is 4. The number of hydrogen-bond donors (Lipinski definition) is 1. The maximum absolute atomic E-state index is 11.9. The van der Waals surface area contributed by atoms with Gasteiger partial charge in [0.2, 0.25) is 0 Å². The summed E-state index contributed by atoms with van der Waals surface area (Å²) in [4.78, 5) is 13.9. The first-order valence-corrected chi connectivity index (χ1v) is 8.60. The van der Waals surface area contributed by atoms with Gasteiger partial charge < -0.3 is 14.5 Å². The molecule has 0 bridgehead atoms. The van der Waals surface area contributed by atoms with Crippen LogP contribution in [-0.2, 0) is 0 Å². The zero-order valence-corrected chi connectivity index (χ0v) is 14.7. The fourth-order valence-electron chi connectivity index (χ4n) is 3.63. The van der Waals surface area contributed by atoms with Gasteiger partial charge in [-0.3, -0.25) is 4.68 Å². The van der Waals surface area contributed by atoms with Gasteiger partial charge in [0.25, 0.3) is 0 Å². The van der Waals surface area contributed by atoms with Crippen LogP contribution in [0, 0.1) is 13.8 Å². The monoisotopic (exact) mass is 352 g/mol. The Morgan fingerprint density at radius 2 is 2.04 bits per heavy atom. The number of rotatable bonds is 4. The highest BCUT2D eigenvalue weighted by atomic mass is 16.5. The van der Waals surface area contributed by atoms with E-state index in [1.54, 1.807) is 0 Å². The minimum Gasteiger partial charge on any atom is -0.477 e. The molecule has 0 spiro atoms. The molecule has 1 aliphatic heterocycles. The molecule has 4 rings (SSSR count). The van der Waals surface area contributed by atoms with E-state index in [4.69, 9.17) is 4.52 Å². The summed E-state index contributed by atoms with van der Waals surface area (Å²) < 4.78 is 7.45. The molecule has 1 unspecified atom stereocenters. The van der Waals surface area contributed by atoms with Crippen LogP contribution in [0.4, 0.5) is 5.82 Å². The molecule has 7 heteroatoms. The van der Waals surface area contributed by atoms with E-state index in [2.05, 4.69) is 16.3 Å². The first-order chi connectivity index (χ1) is 12.5. The number of benzene rings is 1. The molecule has 0 radical (unpaired) electrons. The average molecular weight is 352 g/mol. The van der Waals surface area contributed by atoms with Crippen molar-refractivity contribution in [3.63, 3.8) is 0 Å². The van der Waals surface area contributed by atoms with Gasteiger partial charge in [0.05, 0.1) is 11.7 Å². The molecule has 2 aromatic heterocycles. The van der Waals surface area contributed by atoms with Crippen LogP contribution in [0.1, 0.15) is 34.2 Å². The van der Waals surface area contributed by atoms with Gasteiger partial charge in [-0.2, -0.15) is 5.10 Å². The van der Waals surface area contributed by atoms with Crippen molar-refractivity contribution in [1.82, 2.24) is 14.9 Å². The summed E-state index contributed by atoms with van der Waals surface area (Å²) in [6.07, 6.45) is 0.883. The number of carbonyl (C=O) groups is 1. The van der Waals surface area contributed by atoms with E-state index >= 15 is 0 Å². The fraction of sp³-hybridized carbons (Fsp3) is 0.316. The first kappa shape index (κ1) is 16.4. The van der Waals surface area contributed by atoms with Crippen LogP contribution in [0.2, 0.25) is 0 Å². The van der Waals surface area contributed by atoms with Gasteiger partial charge in [0, 0.05) is 24.3 Å². The summed E-state index contributed by atoms with van der Waals surface area (Å²) in [5.74, 6) is -0.349. The maximum atomic E-state index is 11.9. The van der Waals surface area contributed by atoms with Gasteiger partial charge in [0.15, 0.2) is 17.1 Å². The Bertz CT molecular complexity index is 945. The van der Waals surface area contributed by atoms with Crippen molar-refractivity contribution in [2.45, 2.75) is 26.3 Å². The average Bonchev–Trinajstić information content (AvgIpc) is 3.33. The number of aromatic carboxylic acids is 1. The number of aromatic nitrogens is 3. The topological polar surface area (TPSA) is 84.4 Å². The molecular weight excluding hydrogens is 332 g/mol. The number of anilines is 1. The van der Waals surface area contributed by atoms with Crippen LogP contribution in [-0.4, -0.2) is 39.1 Å². The van der Waals surface area contributed by atoms with E-state index in [9.17, 15) is 9.90 Å². The molecular formula is C19H20N4O3. The molecule has 0 aliphatic carbocycles. The van der Waals surface area contributed by atoms with Gasteiger partial charge in [0.1, 0.15) is 0 Å². The second-order valence-electron chi connectivity index (χ2n) is 6.64. The van der Waals surface area contributed by atoms with Crippen molar-refractivity contribution in [3.8, 4) is 11.3 Å². The van der Waals surface area contributed by atoms with E-state index < -0.39 is 5.97 Å². The third kappa shape index (κ3) is 2.75. The molecule has 1 aliphatic rings. The minimum absolute atomic E-state index is 0.116. The summed E-state index contributed by atoms with van der Waals surface area (Å²) in [5.41, 5.74) is 2.92. The molecule has 0 amide bonds. The highest BCUT2D eigenvalue weighted by Crippen LogP contribution is 2.35.